The van der Waals surface area contributed by atoms with Crippen molar-refractivity contribution in [3.05, 3.63) is 24.3 Å². The van der Waals surface area contributed by atoms with E-state index in [1.807, 2.05) is 13.8 Å². The summed E-state index contributed by atoms with van der Waals surface area (Å²) in [4.78, 5) is 35.7. The van der Waals surface area contributed by atoms with Gasteiger partial charge in [0.25, 0.3) is 0 Å². The summed E-state index contributed by atoms with van der Waals surface area (Å²) in [5.74, 6) is -0.648. The lowest BCUT2D eigenvalue weighted by Gasteiger charge is -2.21. The summed E-state index contributed by atoms with van der Waals surface area (Å²) in [5, 5.41) is 8.20. The van der Waals surface area contributed by atoms with E-state index in [0.717, 1.165) is 0 Å². The molecule has 0 fully saturated rings. The van der Waals surface area contributed by atoms with E-state index in [4.69, 9.17) is 0 Å². The van der Waals surface area contributed by atoms with Gasteiger partial charge in [-0.05, 0) is 31.2 Å². The predicted molar refractivity (Wildman–Crippen MR) is 95.6 cm³/mol. The van der Waals surface area contributed by atoms with Crippen molar-refractivity contribution in [3.63, 3.8) is 0 Å². The summed E-state index contributed by atoms with van der Waals surface area (Å²) < 4.78 is 0. The molecule has 3 amide bonds. The second kappa shape index (κ2) is 7.95. The Morgan fingerprint density at radius 1 is 0.833 bits per heavy atom. The van der Waals surface area contributed by atoms with Gasteiger partial charge in [-0.2, -0.15) is 0 Å². The largest absolute Gasteiger partial charge is 0.344 e. The Morgan fingerprint density at radius 3 is 1.62 bits per heavy atom. The molecule has 0 aliphatic heterocycles. The van der Waals surface area contributed by atoms with E-state index >= 15 is 0 Å². The summed E-state index contributed by atoms with van der Waals surface area (Å²) in [6.07, 6.45) is 0. The van der Waals surface area contributed by atoms with Crippen LogP contribution in [0.4, 0.5) is 11.4 Å². The zero-order chi connectivity index (χ0) is 18.5. The van der Waals surface area contributed by atoms with Crippen LogP contribution in [0.3, 0.4) is 0 Å². The van der Waals surface area contributed by atoms with Crippen molar-refractivity contribution in [2.45, 2.75) is 47.6 Å². The third-order valence-corrected chi connectivity index (χ3v) is 3.37. The molecule has 24 heavy (non-hydrogen) atoms. The van der Waals surface area contributed by atoms with E-state index in [1.165, 1.54) is 0 Å². The highest BCUT2D eigenvalue weighted by Crippen LogP contribution is 2.16. The predicted octanol–water partition coefficient (Wildman–Crippen LogP) is 2.77. The third kappa shape index (κ3) is 6.02. The van der Waals surface area contributed by atoms with Crippen molar-refractivity contribution in [1.29, 1.82) is 0 Å². The van der Waals surface area contributed by atoms with Crippen molar-refractivity contribution in [1.82, 2.24) is 5.32 Å². The van der Waals surface area contributed by atoms with E-state index in [9.17, 15) is 14.4 Å². The van der Waals surface area contributed by atoms with E-state index in [-0.39, 0.29) is 23.6 Å². The molecule has 1 atom stereocenters. The Kier molecular flexibility index (Phi) is 6.51. The summed E-state index contributed by atoms with van der Waals surface area (Å²) in [7, 11) is 0. The summed E-state index contributed by atoms with van der Waals surface area (Å²) in [5.41, 5.74) is 0.713. The van der Waals surface area contributed by atoms with Gasteiger partial charge in [-0.1, -0.05) is 34.6 Å². The molecular formula is C18H27N3O3. The van der Waals surface area contributed by atoms with E-state index in [2.05, 4.69) is 16.0 Å². The Balaban J connectivity index is 2.61. The molecule has 0 spiro atoms. The van der Waals surface area contributed by atoms with Crippen LogP contribution in [0.5, 0.6) is 0 Å². The fraction of sp³-hybridized carbons (Fsp3) is 0.500. The second-order valence-corrected chi connectivity index (χ2v) is 7.16. The molecule has 0 aliphatic carbocycles. The first-order valence-electron chi connectivity index (χ1n) is 8.03. The number of nitrogens with one attached hydrogen (secondary N) is 3. The number of hydrogen-bond donors (Lipinski definition) is 3. The molecule has 132 valence electrons. The normalized spacial score (nSPS) is 12.5. The number of carbonyl (C=O) groups is 3. The number of anilines is 2. The molecule has 1 aromatic carbocycles. The zero-order valence-corrected chi connectivity index (χ0v) is 15.2. The van der Waals surface area contributed by atoms with Crippen LogP contribution in [0, 0.1) is 11.3 Å². The van der Waals surface area contributed by atoms with Crippen LogP contribution in [0.2, 0.25) is 0 Å². The summed E-state index contributed by atoms with van der Waals surface area (Å²) in [6, 6.07) is 6.19. The molecule has 0 aliphatic rings. The zero-order valence-electron chi connectivity index (χ0n) is 15.2. The fourth-order valence-electron chi connectivity index (χ4n) is 1.65. The van der Waals surface area contributed by atoms with Crippen LogP contribution < -0.4 is 16.0 Å². The van der Waals surface area contributed by atoms with Crippen molar-refractivity contribution in [3.8, 4) is 0 Å². The first-order chi connectivity index (χ1) is 11.0. The van der Waals surface area contributed by atoms with Crippen LogP contribution in [0.25, 0.3) is 0 Å². The Labute approximate surface area is 143 Å². The van der Waals surface area contributed by atoms with Gasteiger partial charge in [0.05, 0.1) is 0 Å². The minimum Gasteiger partial charge on any atom is -0.344 e. The van der Waals surface area contributed by atoms with E-state index in [0.29, 0.717) is 11.4 Å². The summed E-state index contributed by atoms with van der Waals surface area (Å²) >= 11 is 0. The highest BCUT2D eigenvalue weighted by atomic mass is 16.2. The number of rotatable bonds is 5. The van der Waals surface area contributed by atoms with Gasteiger partial charge in [-0.25, -0.2) is 0 Å². The Morgan fingerprint density at radius 2 is 1.25 bits per heavy atom. The third-order valence-electron chi connectivity index (χ3n) is 3.37. The maximum Gasteiger partial charge on any atom is 0.246 e. The molecule has 3 N–H and O–H groups in total. The van der Waals surface area contributed by atoms with Crippen LogP contribution in [-0.4, -0.2) is 23.8 Å². The van der Waals surface area contributed by atoms with E-state index in [1.54, 1.807) is 52.0 Å². The molecule has 0 aromatic heterocycles. The molecular weight excluding hydrogens is 306 g/mol. The van der Waals surface area contributed by atoms with Gasteiger partial charge in [-0.3, -0.25) is 14.4 Å². The Bertz CT molecular complexity index is 601. The quantitative estimate of drug-likeness (QED) is 0.774. The molecule has 0 radical (unpaired) electrons. The molecule has 0 saturated carbocycles. The summed E-state index contributed by atoms with van der Waals surface area (Å²) in [6.45, 7) is 10.6. The maximum atomic E-state index is 12.1. The average molecular weight is 333 g/mol. The minimum atomic E-state index is -0.642. The van der Waals surface area contributed by atoms with Crippen LogP contribution >= 0.6 is 0 Å². The molecule has 6 heteroatoms. The first kappa shape index (κ1) is 19.7. The maximum absolute atomic E-state index is 12.1. The van der Waals surface area contributed by atoms with Gasteiger partial charge >= 0.3 is 0 Å². The number of carbonyl (C=O) groups excluding carboxylic acids is 3. The molecule has 1 aromatic rings. The highest BCUT2D eigenvalue weighted by Gasteiger charge is 2.25. The SMILES string of the molecule is CC(C)C(=O)Nc1ccc(NC(=O)C(C)NC(=O)C(C)(C)C)cc1. The van der Waals surface area contributed by atoms with Crippen molar-refractivity contribution in [2.75, 3.05) is 10.6 Å². The van der Waals surface area contributed by atoms with Gasteiger partial charge in [0.15, 0.2) is 0 Å². The van der Waals surface area contributed by atoms with Gasteiger partial charge in [0, 0.05) is 22.7 Å². The minimum absolute atomic E-state index is 0.0645. The van der Waals surface area contributed by atoms with Crippen molar-refractivity contribution in [2.24, 2.45) is 11.3 Å². The van der Waals surface area contributed by atoms with Crippen LogP contribution in [0.15, 0.2) is 24.3 Å². The lowest BCUT2D eigenvalue weighted by Crippen LogP contribution is -2.46. The van der Waals surface area contributed by atoms with Crippen molar-refractivity contribution < 1.29 is 14.4 Å². The standard InChI is InChI=1S/C18H27N3O3/c1-11(2)15(22)20-13-7-9-14(10-8-13)21-16(23)12(3)19-17(24)18(4,5)6/h7-12H,1-6H3,(H,19,24)(H,20,22)(H,21,23). The first-order valence-corrected chi connectivity index (χ1v) is 8.03. The lowest BCUT2D eigenvalue weighted by molar-refractivity contribution is -0.131. The topological polar surface area (TPSA) is 87.3 Å². The van der Waals surface area contributed by atoms with Gasteiger partial charge < -0.3 is 16.0 Å². The lowest BCUT2D eigenvalue weighted by atomic mass is 9.95. The Hall–Kier alpha value is -2.37. The molecule has 0 heterocycles. The molecule has 6 nitrogen and oxygen atoms in total. The monoisotopic (exact) mass is 333 g/mol. The van der Waals surface area contributed by atoms with Crippen molar-refractivity contribution >= 4 is 29.1 Å². The highest BCUT2D eigenvalue weighted by molar-refractivity contribution is 5.98. The van der Waals surface area contributed by atoms with Gasteiger partial charge in [0.2, 0.25) is 17.7 Å². The molecule has 0 bridgehead atoms. The van der Waals surface area contributed by atoms with E-state index < -0.39 is 11.5 Å². The number of benzene rings is 1. The molecule has 1 rings (SSSR count). The van der Waals surface area contributed by atoms with Crippen LogP contribution in [0.1, 0.15) is 41.5 Å². The second-order valence-electron chi connectivity index (χ2n) is 7.16. The van der Waals surface area contributed by atoms with Crippen LogP contribution in [-0.2, 0) is 14.4 Å². The van der Waals surface area contributed by atoms with Gasteiger partial charge in [0.1, 0.15) is 6.04 Å². The number of amides is 3. The smallest absolute Gasteiger partial charge is 0.246 e. The number of hydrogen-bond acceptors (Lipinski definition) is 3. The molecule has 0 saturated heterocycles. The fourth-order valence-corrected chi connectivity index (χ4v) is 1.65. The van der Waals surface area contributed by atoms with Gasteiger partial charge in [-0.15, -0.1) is 0 Å². The molecule has 1 unspecified atom stereocenters. The average Bonchev–Trinajstić information content (AvgIpc) is 2.47.